The molecule has 0 radical (unpaired) electrons. The molecule has 1 aliphatic heterocycles. The average molecular weight is 370 g/mol. The summed E-state index contributed by atoms with van der Waals surface area (Å²) in [4.78, 5) is 27.7. The summed E-state index contributed by atoms with van der Waals surface area (Å²) in [6, 6.07) is 14.1. The molecule has 5 nitrogen and oxygen atoms in total. The Labute approximate surface area is 157 Å². The van der Waals surface area contributed by atoms with Crippen molar-refractivity contribution in [3.05, 3.63) is 64.8 Å². The zero-order chi connectivity index (χ0) is 19.1. The number of benzene rings is 2. The number of hydrogen-bond donors (Lipinski definition) is 2. The highest BCUT2D eigenvalue weighted by Gasteiger charge is 2.36. The predicted octanol–water partition coefficient (Wildman–Crippen LogP) is 4.22. The van der Waals surface area contributed by atoms with E-state index in [9.17, 15) is 9.59 Å². The maximum atomic E-state index is 13.4. The number of nitrogens with one attached hydrogen (secondary N) is 1. The standard InChI is InChI=1S/C20H20ClN3O2/c1-20(2,3)17(22)16-18(25)23-14-10-9-12(21)11-15(14)24(19(16)26)13-7-5-4-6-8-13/h4-11H,22H2,1-3H3,(H,23,25)/b17-16+. The third-order valence-corrected chi connectivity index (χ3v) is 4.42. The molecule has 3 rings (SSSR count). The molecule has 0 aromatic heterocycles. The molecule has 0 atom stereocenters. The molecule has 0 spiro atoms. The fourth-order valence-corrected chi connectivity index (χ4v) is 2.91. The van der Waals surface area contributed by atoms with E-state index >= 15 is 0 Å². The summed E-state index contributed by atoms with van der Waals surface area (Å²) < 4.78 is 0. The zero-order valence-corrected chi connectivity index (χ0v) is 15.6. The van der Waals surface area contributed by atoms with Gasteiger partial charge in [-0.15, -0.1) is 0 Å². The molecular weight excluding hydrogens is 350 g/mol. The van der Waals surface area contributed by atoms with E-state index in [-0.39, 0.29) is 11.3 Å². The van der Waals surface area contributed by atoms with Gasteiger partial charge in [-0.1, -0.05) is 50.6 Å². The molecule has 3 N–H and O–H groups in total. The van der Waals surface area contributed by atoms with E-state index in [4.69, 9.17) is 17.3 Å². The molecular formula is C20H20ClN3O2. The van der Waals surface area contributed by atoms with Gasteiger partial charge in [0.2, 0.25) is 0 Å². The summed E-state index contributed by atoms with van der Waals surface area (Å²) in [7, 11) is 0. The third-order valence-electron chi connectivity index (χ3n) is 4.18. The summed E-state index contributed by atoms with van der Waals surface area (Å²) >= 11 is 6.15. The molecule has 2 aromatic carbocycles. The van der Waals surface area contributed by atoms with Gasteiger partial charge in [0.1, 0.15) is 5.57 Å². The van der Waals surface area contributed by atoms with Gasteiger partial charge in [0.25, 0.3) is 11.8 Å². The molecule has 0 saturated carbocycles. The largest absolute Gasteiger partial charge is 0.401 e. The molecule has 0 unspecified atom stereocenters. The highest BCUT2D eigenvalue weighted by molar-refractivity contribution is 6.34. The molecule has 6 heteroatoms. The smallest absolute Gasteiger partial charge is 0.270 e. The molecule has 0 bridgehead atoms. The Morgan fingerprint density at radius 1 is 1.08 bits per heavy atom. The quantitative estimate of drug-likeness (QED) is 0.583. The minimum atomic E-state index is -0.543. The molecule has 2 aromatic rings. The monoisotopic (exact) mass is 369 g/mol. The number of carbonyl (C=O) groups is 2. The van der Waals surface area contributed by atoms with Gasteiger partial charge >= 0.3 is 0 Å². The summed E-state index contributed by atoms with van der Waals surface area (Å²) in [6.07, 6.45) is 0. The van der Waals surface area contributed by atoms with E-state index in [1.165, 1.54) is 4.90 Å². The van der Waals surface area contributed by atoms with Crippen molar-refractivity contribution in [3.63, 3.8) is 0 Å². The van der Waals surface area contributed by atoms with E-state index in [0.717, 1.165) is 0 Å². The van der Waals surface area contributed by atoms with Gasteiger partial charge < -0.3 is 11.1 Å². The topological polar surface area (TPSA) is 75.4 Å². The number of rotatable bonds is 1. The van der Waals surface area contributed by atoms with Crippen molar-refractivity contribution in [1.82, 2.24) is 0 Å². The van der Waals surface area contributed by atoms with Crippen LogP contribution in [0, 0.1) is 5.41 Å². The van der Waals surface area contributed by atoms with E-state index < -0.39 is 17.2 Å². The van der Waals surface area contributed by atoms with Crippen molar-refractivity contribution in [2.45, 2.75) is 20.8 Å². The first-order chi connectivity index (χ1) is 12.2. The number of para-hydroxylation sites is 1. The van der Waals surface area contributed by atoms with Crippen LogP contribution in [0.1, 0.15) is 20.8 Å². The zero-order valence-electron chi connectivity index (χ0n) is 14.8. The normalized spacial score (nSPS) is 16.7. The Balaban J connectivity index is 2.30. The second-order valence-electron chi connectivity index (χ2n) is 7.13. The van der Waals surface area contributed by atoms with Gasteiger partial charge in [0.15, 0.2) is 0 Å². The number of halogens is 1. The van der Waals surface area contributed by atoms with E-state index in [1.807, 2.05) is 39.0 Å². The van der Waals surface area contributed by atoms with Crippen LogP contribution in [0.2, 0.25) is 5.02 Å². The van der Waals surface area contributed by atoms with Crippen LogP contribution in [0.25, 0.3) is 0 Å². The van der Waals surface area contributed by atoms with Crippen molar-refractivity contribution in [2.24, 2.45) is 11.1 Å². The van der Waals surface area contributed by atoms with E-state index in [2.05, 4.69) is 5.32 Å². The number of fused-ring (bicyclic) bond motifs is 1. The van der Waals surface area contributed by atoms with Crippen molar-refractivity contribution in [2.75, 3.05) is 10.2 Å². The number of amides is 2. The number of carbonyl (C=O) groups excluding carboxylic acids is 2. The first kappa shape index (κ1) is 18.0. The predicted molar refractivity (Wildman–Crippen MR) is 104 cm³/mol. The Kier molecular flexibility index (Phi) is 4.50. The second-order valence-corrected chi connectivity index (χ2v) is 7.57. The summed E-state index contributed by atoms with van der Waals surface area (Å²) in [5.41, 5.74) is 7.47. The highest BCUT2D eigenvalue weighted by Crippen LogP contribution is 2.39. The van der Waals surface area contributed by atoms with Gasteiger partial charge in [-0.25, -0.2) is 0 Å². The van der Waals surface area contributed by atoms with Crippen LogP contribution in [0.4, 0.5) is 17.1 Å². The third kappa shape index (κ3) is 3.18. The molecule has 1 heterocycles. The Morgan fingerprint density at radius 3 is 2.35 bits per heavy atom. The van der Waals surface area contributed by atoms with Gasteiger partial charge in [-0.2, -0.15) is 0 Å². The van der Waals surface area contributed by atoms with Crippen LogP contribution >= 0.6 is 11.6 Å². The Bertz CT molecular complexity index is 914. The lowest BCUT2D eigenvalue weighted by atomic mass is 9.88. The maximum Gasteiger partial charge on any atom is 0.270 e. The minimum absolute atomic E-state index is 0.0614. The minimum Gasteiger partial charge on any atom is -0.401 e. The van der Waals surface area contributed by atoms with Crippen LogP contribution in [-0.4, -0.2) is 11.8 Å². The van der Waals surface area contributed by atoms with Gasteiger partial charge in [0.05, 0.1) is 11.4 Å². The van der Waals surface area contributed by atoms with E-state index in [1.54, 1.807) is 30.3 Å². The second kappa shape index (κ2) is 6.50. The van der Waals surface area contributed by atoms with Crippen molar-refractivity contribution < 1.29 is 9.59 Å². The highest BCUT2D eigenvalue weighted by atomic mass is 35.5. The summed E-state index contributed by atoms with van der Waals surface area (Å²) in [6.45, 7) is 5.58. The lowest BCUT2D eigenvalue weighted by Crippen LogP contribution is -2.34. The average Bonchev–Trinajstić information content (AvgIpc) is 2.67. The van der Waals surface area contributed by atoms with Crippen molar-refractivity contribution in [3.8, 4) is 0 Å². The number of nitrogens with zero attached hydrogens (tertiary/aromatic N) is 1. The molecule has 0 fully saturated rings. The van der Waals surface area contributed by atoms with Crippen molar-refractivity contribution in [1.29, 1.82) is 0 Å². The lowest BCUT2D eigenvalue weighted by molar-refractivity contribution is -0.119. The first-order valence-corrected chi connectivity index (χ1v) is 8.58. The molecule has 2 amide bonds. The van der Waals surface area contributed by atoms with Crippen LogP contribution in [-0.2, 0) is 9.59 Å². The van der Waals surface area contributed by atoms with Gasteiger partial charge in [0, 0.05) is 21.8 Å². The summed E-state index contributed by atoms with van der Waals surface area (Å²) in [5, 5.41) is 3.25. The van der Waals surface area contributed by atoms with Crippen molar-refractivity contribution >= 4 is 40.5 Å². The Hall–Kier alpha value is -2.79. The maximum absolute atomic E-state index is 13.4. The summed E-state index contributed by atoms with van der Waals surface area (Å²) in [5.74, 6) is -1.01. The fraction of sp³-hybridized carbons (Fsp3) is 0.200. The number of hydrogen-bond acceptors (Lipinski definition) is 3. The number of anilines is 3. The molecule has 1 aliphatic rings. The van der Waals surface area contributed by atoms with Crippen LogP contribution in [0.15, 0.2) is 59.8 Å². The first-order valence-electron chi connectivity index (χ1n) is 8.21. The SMILES string of the molecule is CC(C)(C)/C(N)=C1/C(=O)Nc2ccc(Cl)cc2N(c2ccccc2)C1=O. The fourth-order valence-electron chi connectivity index (χ4n) is 2.74. The van der Waals surface area contributed by atoms with Crippen LogP contribution in [0.3, 0.4) is 0 Å². The van der Waals surface area contributed by atoms with Crippen LogP contribution < -0.4 is 16.0 Å². The molecule has 134 valence electrons. The van der Waals surface area contributed by atoms with Gasteiger partial charge in [-0.05, 0) is 30.3 Å². The molecule has 26 heavy (non-hydrogen) atoms. The number of nitrogens with two attached hydrogens (primary N) is 1. The van der Waals surface area contributed by atoms with E-state index in [0.29, 0.717) is 22.1 Å². The lowest BCUT2D eigenvalue weighted by Gasteiger charge is -2.25. The Morgan fingerprint density at radius 2 is 1.73 bits per heavy atom. The molecule has 0 aliphatic carbocycles. The molecule has 0 saturated heterocycles. The van der Waals surface area contributed by atoms with Crippen LogP contribution in [0.5, 0.6) is 0 Å². The number of allylic oxidation sites excluding steroid dienone is 1. The van der Waals surface area contributed by atoms with Gasteiger partial charge in [-0.3, -0.25) is 14.5 Å².